The molecule has 4 nitrogen and oxygen atoms in total. The Hall–Kier alpha value is -1.24. The highest BCUT2D eigenvalue weighted by Gasteiger charge is 2.18. The molecule has 1 rings (SSSR count). The summed E-state index contributed by atoms with van der Waals surface area (Å²) in [4.78, 5) is 0. The molecule has 0 bridgehead atoms. The van der Waals surface area contributed by atoms with Gasteiger partial charge < -0.3 is 20.6 Å². The van der Waals surface area contributed by atoms with Gasteiger partial charge in [-0.25, -0.2) is 8.78 Å². The minimum Gasteiger partial charge on any atom is -0.503 e. The molecule has 0 spiro atoms. The Morgan fingerprint density at radius 2 is 1.82 bits per heavy atom. The van der Waals surface area contributed by atoms with E-state index in [1.807, 2.05) is 0 Å². The first-order chi connectivity index (χ1) is 7.85. The molecule has 0 amide bonds. The summed E-state index contributed by atoms with van der Waals surface area (Å²) in [5, 5.41) is 29.8. The highest BCUT2D eigenvalue weighted by atomic mass is 19.1. The number of aliphatic hydroxyl groups excluding tert-OH is 1. The van der Waals surface area contributed by atoms with Crippen LogP contribution in [0.25, 0.3) is 0 Å². The van der Waals surface area contributed by atoms with Crippen molar-refractivity contribution in [2.75, 3.05) is 13.2 Å². The smallest absolute Gasteiger partial charge is 0.187 e. The lowest BCUT2D eigenvalue weighted by molar-refractivity contribution is 0.00253. The van der Waals surface area contributed by atoms with Crippen molar-refractivity contribution in [2.24, 2.45) is 0 Å². The molecule has 1 aromatic carbocycles. The predicted molar refractivity (Wildman–Crippen MR) is 57.4 cm³/mol. The molecule has 1 atom stereocenters. The Morgan fingerprint density at radius 1 is 1.29 bits per heavy atom. The van der Waals surface area contributed by atoms with Crippen molar-refractivity contribution in [3.63, 3.8) is 0 Å². The Kier molecular flexibility index (Phi) is 4.39. The lowest BCUT2D eigenvalue weighted by Crippen LogP contribution is -2.40. The topological polar surface area (TPSA) is 72.7 Å². The number of phenols is 1. The number of aromatic hydroxyl groups is 1. The van der Waals surface area contributed by atoms with Crippen LogP contribution in [0.15, 0.2) is 12.1 Å². The van der Waals surface area contributed by atoms with Crippen LogP contribution in [0.4, 0.5) is 8.78 Å². The maximum atomic E-state index is 13.0. The van der Waals surface area contributed by atoms with Gasteiger partial charge in [0.25, 0.3) is 0 Å². The second kappa shape index (κ2) is 5.39. The van der Waals surface area contributed by atoms with E-state index in [0.717, 1.165) is 12.1 Å². The number of benzene rings is 1. The summed E-state index contributed by atoms with van der Waals surface area (Å²) in [7, 11) is 0. The summed E-state index contributed by atoms with van der Waals surface area (Å²) in [5.41, 5.74) is -0.986. The van der Waals surface area contributed by atoms with E-state index in [1.165, 1.54) is 6.92 Å². The quantitative estimate of drug-likeness (QED) is 0.611. The number of rotatable bonds is 5. The van der Waals surface area contributed by atoms with Crippen molar-refractivity contribution in [1.29, 1.82) is 0 Å². The van der Waals surface area contributed by atoms with E-state index in [0.29, 0.717) is 5.56 Å². The Labute approximate surface area is 97.5 Å². The van der Waals surface area contributed by atoms with Gasteiger partial charge in [0.2, 0.25) is 0 Å². The fourth-order valence-corrected chi connectivity index (χ4v) is 1.25. The fraction of sp³-hybridized carbons (Fsp3) is 0.455. The lowest BCUT2D eigenvalue weighted by atomic mass is 10.1. The molecule has 0 heterocycles. The summed E-state index contributed by atoms with van der Waals surface area (Å²) in [6, 6.07) is 2.00. The number of nitrogens with one attached hydrogen (secondary N) is 1. The standard InChI is InChI=1S/C11H15F2NO3/c1-11(17,6-15)5-14-4-7-2-8(12)10(16)9(13)3-7/h2-3,14-17H,4-6H2,1H3. The van der Waals surface area contributed by atoms with Gasteiger partial charge in [0.05, 0.1) is 12.2 Å². The number of halogens is 2. The molecule has 1 unspecified atom stereocenters. The van der Waals surface area contributed by atoms with Gasteiger partial charge in [0.1, 0.15) is 0 Å². The number of hydrogen-bond acceptors (Lipinski definition) is 4. The van der Waals surface area contributed by atoms with Crippen molar-refractivity contribution in [1.82, 2.24) is 5.32 Å². The Bertz CT molecular complexity index is 373. The van der Waals surface area contributed by atoms with E-state index in [-0.39, 0.29) is 13.1 Å². The molecule has 0 fully saturated rings. The largest absolute Gasteiger partial charge is 0.503 e. The van der Waals surface area contributed by atoms with Gasteiger partial charge in [-0.2, -0.15) is 0 Å². The first kappa shape index (κ1) is 13.8. The molecular weight excluding hydrogens is 232 g/mol. The van der Waals surface area contributed by atoms with E-state index < -0.39 is 29.6 Å². The van der Waals surface area contributed by atoms with Gasteiger partial charge in [-0.05, 0) is 24.6 Å². The molecule has 0 radical (unpaired) electrons. The summed E-state index contributed by atoms with van der Waals surface area (Å²) in [6.45, 7) is 1.20. The van der Waals surface area contributed by atoms with Gasteiger partial charge in [-0.1, -0.05) is 0 Å². The molecule has 96 valence electrons. The van der Waals surface area contributed by atoms with Crippen molar-refractivity contribution in [3.8, 4) is 5.75 Å². The molecular formula is C11H15F2NO3. The van der Waals surface area contributed by atoms with E-state index in [1.54, 1.807) is 0 Å². The Morgan fingerprint density at radius 3 is 2.29 bits per heavy atom. The normalized spacial score (nSPS) is 14.6. The summed E-state index contributed by atoms with van der Waals surface area (Å²) in [6.07, 6.45) is 0. The zero-order valence-electron chi connectivity index (χ0n) is 9.37. The van der Waals surface area contributed by atoms with Gasteiger partial charge in [-0.15, -0.1) is 0 Å². The molecule has 0 saturated heterocycles. The number of hydrogen-bond donors (Lipinski definition) is 4. The number of aliphatic hydroxyl groups is 2. The highest BCUT2D eigenvalue weighted by Crippen LogP contribution is 2.21. The molecule has 0 saturated carbocycles. The molecule has 1 aromatic rings. The van der Waals surface area contributed by atoms with Crippen molar-refractivity contribution in [2.45, 2.75) is 19.1 Å². The van der Waals surface area contributed by atoms with Crippen LogP contribution in [0, 0.1) is 11.6 Å². The first-order valence-electron chi connectivity index (χ1n) is 5.06. The molecule has 0 aliphatic rings. The van der Waals surface area contributed by atoms with Crippen LogP contribution in [0.1, 0.15) is 12.5 Å². The van der Waals surface area contributed by atoms with Crippen LogP contribution in [-0.4, -0.2) is 34.1 Å². The molecule has 0 aromatic heterocycles. The second-order valence-corrected chi connectivity index (χ2v) is 4.17. The van der Waals surface area contributed by atoms with Crippen molar-refractivity contribution in [3.05, 3.63) is 29.3 Å². The fourth-order valence-electron chi connectivity index (χ4n) is 1.25. The second-order valence-electron chi connectivity index (χ2n) is 4.17. The minimum atomic E-state index is -1.28. The first-order valence-corrected chi connectivity index (χ1v) is 5.06. The van der Waals surface area contributed by atoms with Crippen LogP contribution in [-0.2, 0) is 6.54 Å². The molecule has 0 aliphatic carbocycles. The average molecular weight is 247 g/mol. The van der Waals surface area contributed by atoms with Gasteiger partial charge in [0.15, 0.2) is 17.4 Å². The van der Waals surface area contributed by atoms with Gasteiger partial charge in [-0.3, -0.25) is 0 Å². The van der Waals surface area contributed by atoms with E-state index in [2.05, 4.69) is 5.32 Å². The monoisotopic (exact) mass is 247 g/mol. The van der Waals surface area contributed by atoms with Crippen LogP contribution in [0.2, 0.25) is 0 Å². The molecule has 0 aliphatic heterocycles. The minimum absolute atomic E-state index is 0.0770. The van der Waals surface area contributed by atoms with E-state index in [9.17, 15) is 13.9 Å². The van der Waals surface area contributed by atoms with Gasteiger partial charge >= 0.3 is 0 Å². The SMILES string of the molecule is CC(O)(CO)CNCc1cc(F)c(O)c(F)c1. The van der Waals surface area contributed by atoms with E-state index in [4.69, 9.17) is 10.2 Å². The maximum absolute atomic E-state index is 13.0. The predicted octanol–water partition coefficient (Wildman–Crippen LogP) is 0.503. The van der Waals surface area contributed by atoms with Crippen molar-refractivity contribution >= 4 is 0 Å². The summed E-state index contributed by atoms with van der Waals surface area (Å²) >= 11 is 0. The third-order valence-corrected chi connectivity index (χ3v) is 2.25. The average Bonchev–Trinajstić information content (AvgIpc) is 2.25. The molecule has 17 heavy (non-hydrogen) atoms. The molecule has 4 N–H and O–H groups in total. The third kappa shape index (κ3) is 3.92. The number of phenolic OH excluding ortho intramolecular Hbond substituents is 1. The Balaban J connectivity index is 2.59. The van der Waals surface area contributed by atoms with Gasteiger partial charge in [0, 0.05) is 13.1 Å². The lowest BCUT2D eigenvalue weighted by Gasteiger charge is -2.20. The summed E-state index contributed by atoms with van der Waals surface area (Å²) < 4.78 is 25.9. The van der Waals surface area contributed by atoms with Crippen LogP contribution >= 0.6 is 0 Å². The van der Waals surface area contributed by atoms with Crippen molar-refractivity contribution < 1.29 is 24.1 Å². The van der Waals surface area contributed by atoms with Crippen LogP contribution < -0.4 is 5.32 Å². The summed E-state index contributed by atoms with van der Waals surface area (Å²) in [5.74, 6) is -3.07. The zero-order valence-corrected chi connectivity index (χ0v) is 9.37. The highest BCUT2D eigenvalue weighted by molar-refractivity contribution is 5.29. The van der Waals surface area contributed by atoms with Crippen LogP contribution in [0.3, 0.4) is 0 Å². The zero-order chi connectivity index (χ0) is 13.1. The maximum Gasteiger partial charge on any atom is 0.187 e. The molecule has 6 heteroatoms. The van der Waals surface area contributed by atoms with E-state index >= 15 is 0 Å². The van der Waals surface area contributed by atoms with Crippen LogP contribution in [0.5, 0.6) is 5.75 Å². The third-order valence-electron chi connectivity index (χ3n) is 2.25.